The molecule has 64 valence electrons. The molecule has 13 heavy (non-hydrogen) atoms. The lowest BCUT2D eigenvalue weighted by atomic mass is 10.3. The van der Waals surface area contributed by atoms with Crippen molar-refractivity contribution in [3.8, 4) is 0 Å². The highest BCUT2D eigenvalue weighted by Gasteiger charge is 1.97. The van der Waals surface area contributed by atoms with E-state index in [1.807, 2.05) is 24.4 Å². The van der Waals surface area contributed by atoms with Gasteiger partial charge in [0, 0.05) is 17.2 Å². The molecule has 1 aromatic heterocycles. The first kappa shape index (κ1) is 8.28. The van der Waals surface area contributed by atoms with Crippen LogP contribution in [0.5, 0.6) is 0 Å². The highest BCUT2D eigenvalue weighted by Crippen LogP contribution is 2.21. The van der Waals surface area contributed by atoms with Crippen LogP contribution in [-0.4, -0.2) is 0 Å². The van der Waals surface area contributed by atoms with Gasteiger partial charge >= 0.3 is 0 Å². The summed E-state index contributed by atoms with van der Waals surface area (Å²) in [4.78, 5) is 0. The number of rotatable bonds is 1. The van der Waals surface area contributed by atoms with Gasteiger partial charge in [-0.25, -0.2) is 0 Å². The van der Waals surface area contributed by atoms with Crippen molar-refractivity contribution in [3.05, 3.63) is 59.8 Å². The molecule has 0 radical (unpaired) electrons. The van der Waals surface area contributed by atoms with Crippen molar-refractivity contribution in [1.29, 1.82) is 0 Å². The number of hydrogen-bond acceptors (Lipinski definition) is 1. The summed E-state index contributed by atoms with van der Waals surface area (Å²) < 4.78 is 0. The van der Waals surface area contributed by atoms with Gasteiger partial charge in [0.25, 0.3) is 0 Å². The molecule has 0 amide bonds. The molecule has 0 fully saturated rings. The molecule has 2 heterocycles. The van der Waals surface area contributed by atoms with Crippen LogP contribution in [0, 0.1) is 0 Å². The van der Waals surface area contributed by atoms with Gasteiger partial charge in [-0.05, 0) is 24.0 Å². The van der Waals surface area contributed by atoms with Gasteiger partial charge in [0.15, 0.2) is 0 Å². The van der Waals surface area contributed by atoms with E-state index in [0.29, 0.717) is 0 Å². The van der Waals surface area contributed by atoms with Crippen LogP contribution in [0.1, 0.15) is 5.30 Å². The predicted octanol–water partition coefficient (Wildman–Crippen LogP) is 3.28. The number of allylic oxidation sites excluding steroid dienone is 4. The van der Waals surface area contributed by atoms with E-state index in [9.17, 15) is 0 Å². The Kier molecular flexibility index (Phi) is 2.59. The van der Waals surface area contributed by atoms with Crippen molar-refractivity contribution in [3.63, 3.8) is 0 Å². The van der Waals surface area contributed by atoms with Gasteiger partial charge in [-0.3, -0.25) is 0 Å². The molecular formula is C11H10NP. The normalized spacial score (nSPS) is 15.2. The van der Waals surface area contributed by atoms with E-state index in [-0.39, 0.29) is 0 Å². The molecule has 0 saturated carbocycles. The molecule has 0 atom stereocenters. The first-order chi connectivity index (χ1) is 6.47. The largest absolute Gasteiger partial charge is 0.361 e. The lowest BCUT2D eigenvalue weighted by molar-refractivity contribution is 1.23. The minimum atomic E-state index is 1.17. The standard InChI is InChI=1S/C11H10NP/c1-2-6-10(12-8-4-1)11-7-3-5-9-13-11/h1-9,12H. The SMILES string of the molecule is C1=CC=C(c2ccccp2)NC=C1. The number of hydrogen-bond donors (Lipinski definition) is 1. The molecule has 0 aromatic carbocycles. The van der Waals surface area contributed by atoms with E-state index >= 15 is 0 Å². The van der Waals surface area contributed by atoms with Crippen molar-refractivity contribution >= 4 is 13.9 Å². The quantitative estimate of drug-likeness (QED) is 0.711. The Labute approximate surface area is 79.6 Å². The van der Waals surface area contributed by atoms with Gasteiger partial charge in [0.1, 0.15) is 0 Å². The summed E-state index contributed by atoms with van der Waals surface area (Å²) >= 11 is 0. The van der Waals surface area contributed by atoms with Crippen molar-refractivity contribution < 1.29 is 0 Å². The third kappa shape index (κ3) is 2.07. The first-order valence-corrected chi connectivity index (χ1v) is 5.14. The Balaban J connectivity index is 2.32. The van der Waals surface area contributed by atoms with E-state index in [0.717, 1.165) is 0 Å². The smallest absolute Gasteiger partial charge is 0.0499 e. The van der Waals surface area contributed by atoms with E-state index in [4.69, 9.17) is 0 Å². The highest BCUT2D eigenvalue weighted by molar-refractivity contribution is 7.30. The molecule has 1 nitrogen and oxygen atoms in total. The maximum Gasteiger partial charge on any atom is 0.0499 e. The van der Waals surface area contributed by atoms with Gasteiger partial charge < -0.3 is 5.32 Å². The summed E-state index contributed by atoms with van der Waals surface area (Å²) in [6, 6.07) is 6.26. The van der Waals surface area contributed by atoms with E-state index < -0.39 is 0 Å². The van der Waals surface area contributed by atoms with Crippen LogP contribution in [0.15, 0.2) is 54.5 Å². The minimum Gasteiger partial charge on any atom is -0.361 e. The zero-order chi connectivity index (χ0) is 8.93. The molecule has 2 rings (SSSR count). The third-order valence-corrected chi connectivity index (χ3v) is 2.75. The van der Waals surface area contributed by atoms with Crippen LogP contribution in [0.2, 0.25) is 0 Å². The predicted molar refractivity (Wildman–Crippen MR) is 58.3 cm³/mol. The summed E-state index contributed by atoms with van der Waals surface area (Å²) in [5.41, 5.74) is 1.17. The topological polar surface area (TPSA) is 12.0 Å². The lowest BCUT2D eigenvalue weighted by Crippen LogP contribution is -2.00. The van der Waals surface area contributed by atoms with Crippen molar-refractivity contribution in [2.75, 3.05) is 0 Å². The van der Waals surface area contributed by atoms with Crippen LogP contribution in [-0.2, 0) is 0 Å². The van der Waals surface area contributed by atoms with Crippen molar-refractivity contribution in [1.82, 2.24) is 5.32 Å². The van der Waals surface area contributed by atoms with Crippen LogP contribution in [0.3, 0.4) is 0 Å². The van der Waals surface area contributed by atoms with E-state index in [1.54, 1.807) is 0 Å². The van der Waals surface area contributed by atoms with Gasteiger partial charge in [-0.2, -0.15) is 0 Å². The zero-order valence-electron chi connectivity index (χ0n) is 7.14. The Morgan fingerprint density at radius 1 is 1.08 bits per heavy atom. The fraction of sp³-hybridized carbons (Fsp3) is 0. The zero-order valence-corrected chi connectivity index (χ0v) is 8.04. The second kappa shape index (κ2) is 4.06. The van der Waals surface area contributed by atoms with Gasteiger partial charge in [0.2, 0.25) is 0 Å². The van der Waals surface area contributed by atoms with Crippen molar-refractivity contribution in [2.24, 2.45) is 0 Å². The monoisotopic (exact) mass is 187 g/mol. The molecule has 0 bridgehead atoms. The molecule has 2 heteroatoms. The van der Waals surface area contributed by atoms with Crippen LogP contribution < -0.4 is 5.32 Å². The highest BCUT2D eigenvalue weighted by atomic mass is 31.0. The molecule has 1 aliphatic heterocycles. The molecular weight excluding hydrogens is 177 g/mol. The lowest BCUT2D eigenvalue weighted by Gasteiger charge is -2.04. The molecule has 0 unspecified atom stereocenters. The maximum absolute atomic E-state index is 3.24. The Morgan fingerprint density at radius 3 is 2.92 bits per heavy atom. The molecule has 0 aliphatic carbocycles. The second-order valence-corrected chi connectivity index (χ2v) is 3.72. The van der Waals surface area contributed by atoms with Gasteiger partial charge in [-0.15, -0.1) is 0 Å². The van der Waals surface area contributed by atoms with Crippen LogP contribution in [0.25, 0.3) is 5.70 Å². The van der Waals surface area contributed by atoms with Crippen LogP contribution >= 0.6 is 8.19 Å². The molecule has 0 spiro atoms. The van der Waals surface area contributed by atoms with Gasteiger partial charge in [-0.1, -0.05) is 32.5 Å². The fourth-order valence-electron chi connectivity index (χ4n) is 1.14. The third-order valence-electron chi connectivity index (χ3n) is 1.76. The molecule has 1 aromatic rings. The molecule has 1 N–H and O–H groups in total. The van der Waals surface area contributed by atoms with Crippen molar-refractivity contribution in [2.45, 2.75) is 0 Å². The molecule has 0 saturated heterocycles. The Bertz CT molecular complexity index is 363. The molecule has 1 aliphatic rings. The summed E-state index contributed by atoms with van der Waals surface area (Å²) in [5.74, 6) is 2.14. The summed E-state index contributed by atoms with van der Waals surface area (Å²) in [6.07, 6.45) is 10.1. The average Bonchev–Trinajstić information content (AvgIpc) is 2.47. The van der Waals surface area contributed by atoms with E-state index in [1.165, 1.54) is 19.2 Å². The van der Waals surface area contributed by atoms with E-state index in [2.05, 4.69) is 35.4 Å². The summed E-state index contributed by atoms with van der Waals surface area (Å²) in [7, 11) is 1.25. The minimum absolute atomic E-state index is 1.17. The maximum atomic E-state index is 3.24. The Morgan fingerprint density at radius 2 is 2.08 bits per heavy atom. The van der Waals surface area contributed by atoms with Gasteiger partial charge in [0.05, 0.1) is 0 Å². The summed E-state index contributed by atoms with van der Waals surface area (Å²) in [5, 5.41) is 4.54. The Hall–Kier alpha value is -1.33. The average molecular weight is 187 g/mol. The van der Waals surface area contributed by atoms with Crippen LogP contribution in [0.4, 0.5) is 0 Å². The number of nitrogens with one attached hydrogen (secondary N) is 1. The summed E-state index contributed by atoms with van der Waals surface area (Å²) in [6.45, 7) is 0. The second-order valence-electron chi connectivity index (χ2n) is 2.68. The first-order valence-electron chi connectivity index (χ1n) is 4.18. The fourth-order valence-corrected chi connectivity index (χ4v) is 1.94.